The van der Waals surface area contributed by atoms with Crippen molar-refractivity contribution in [3.63, 3.8) is 0 Å². The molecule has 0 saturated heterocycles. The smallest absolute Gasteiger partial charge is 0.238 e. The molecular weight excluding hydrogens is 236 g/mol. The molecule has 4 nitrogen and oxygen atoms in total. The van der Waals surface area contributed by atoms with Gasteiger partial charge < -0.3 is 0 Å². The van der Waals surface area contributed by atoms with Crippen LogP contribution in [0.1, 0.15) is 5.69 Å². The highest BCUT2D eigenvalue weighted by Crippen LogP contribution is 2.24. The Bertz CT molecular complexity index is 651. The predicted molar refractivity (Wildman–Crippen MR) is 65.8 cm³/mol. The van der Waals surface area contributed by atoms with Crippen LogP contribution in [0.25, 0.3) is 11.3 Å². The number of primary sulfonamides is 1. The minimum absolute atomic E-state index is 0.0955. The van der Waals surface area contributed by atoms with Gasteiger partial charge in [-0.1, -0.05) is 24.3 Å². The van der Waals surface area contributed by atoms with Crippen LogP contribution in [0, 0.1) is 6.92 Å². The first-order valence-electron chi connectivity index (χ1n) is 5.04. The van der Waals surface area contributed by atoms with Crippen LogP contribution >= 0.6 is 0 Å². The normalized spacial score (nSPS) is 11.4. The first kappa shape index (κ1) is 11.8. The lowest BCUT2D eigenvalue weighted by Gasteiger charge is -2.07. The van der Waals surface area contributed by atoms with E-state index in [0.29, 0.717) is 11.3 Å². The Hall–Kier alpha value is -1.72. The highest BCUT2D eigenvalue weighted by molar-refractivity contribution is 7.89. The zero-order valence-electron chi connectivity index (χ0n) is 9.29. The molecule has 0 aliphatic carbocycles. The van der Waals surface area contributed by atoms with E-state index in [1.807, 2.05) is 19.1 Å². The fourth-order valence-corrected chi connectivity index (χ4v) is 2.37. The maximum Gasteiger partial charge on any atom is 0.238 e. The number of nitrogens with two attached hydrogens (primary N) is 1. The summed E-state index contributed by atoms with van der Waals surface area (Å²) in [5.74, 6) is 0. The monoisotopic (exact) mass is 248 g/mol. The van der Waals surface area contributed by atoms with Gasteiger partial charge in [0.05, 0.1) is 10.6 Å². The van der Waals surface area contributed by atoms with Crippen molar-refractivity contribution in [1.82, 2.24) is 4.98 Å². The molecule has 0 unspecified atom stereocenters. The summed E-state index contributed by atoms with van der Waals surface area (Å²) in [6.07, 6.45) is 0. The number of sulfonamides is 1. The molecule has 2 aromatic rings. The SMILES string of the molecule is Cc1cccc(-c2ccccc2S(N)(=O)=O)n1. The maximum atomic E-state index is 11.5. The van der Waals surface area contributed by atoms with Crippen molar-refractivity contribution in [1.29, 1.82) is 0 Å². The molecule has 17 heavy (non-hydrogen) atoms. The van der Waals surface area contributed by atoms with Crippen molar-refractivity contribution in [2.24, 2.45) is 5.14 Å². The molecule has 1 heterocycles. The Balaban J connectivity index is 2.69. The van der Waals surface area contributed by atoms with Gasteiger partial charge in [0, 0.05) is 11.3 Å². The summed E-state index contributed by atoms with van der Waals surface area (Å²) in [5, 5.41) is 5.18. The molecule has 2 N–H and O–H groups in total. The van der Waals surface area contributed by atoms with E-state index >= 15 is 0 Å². The molecule has 0 spiro atoms. The molecule has 0 bridgehead atoms. The Morgan fingerprint density at radius 1 is 1.06 bits per heavy atom. The quantitative estimate of drug-likeness (QED) is 0.879. The van der Waals surface area contributed by atoms with Crippen LogP contribution in [-0.4, -0.2) is 13.4 Å². The van der Waals surface area contributed by atoms with E-state index in [-0.39, 0.29) is 4.90 Å². The first-order chi connectivity index (χ1) is 7.98. The summed E-state index contributed by atoms with van der Waals surface area (Å²) in [6.45, 7) is 1.85. The number of pyridine rings is 1. The molecule has 0 atom stereocenters. The number of nitrogens with zero attached hydrogens (tertiary/aromatic N) is 1. The van der Waals surface area contributed by atoms with Gasteiger partial charge in [0.25, 0.3) is 0 Å². The van der Waals surface area contributed by atoms with E-state index in [1.54, 1.807) is 24.3 Å². The van der Waals surface area contributed by atoms with Gasteiger partial charge in [0.2, 0.25) is 10.0 Å². The highest BCUT2D eigenvalue weighted by Gasteiger charge is 2.14. The summed E-state index contributed by atoms with van der Waals surface area (Å²) < 4.78 is 22.9. The van der Waals surface area contributed by atoms with Gasteiger partial charge in [-0.25, -0.2) is 13.6 Å². The molecule has 1 aromatic carbocycles. The fraction of sp³-hybridized carbons (Fsp3) is 0.0833. The number of hydrogen-bond acceptors (Lipinski definition) is 3. The summed E-state index contributed by atoms with van der Waals surface area (Å²) in [5.41, 5.74) is 1.96. The third-order valence-corrected chi connectivity index (χ3v) is 3.33. The van der Waals surface area contributed by atoms with E-state index in [9.17, 15) is 8.42 Å². The Morgan fingerprint density at radius 2 is 1.76 bits per heavy atom. The molecule has 0 aliphatic rings. The van der Waals surface area contributed by atoms with Crippen LogP contribution in [0.15, 0.2) is 47.4 Å². The molecule has 0 amide bonds. The Morgan fingerprint density at radius 3 is 2.41 bits per heavy atom. The van der Waals surface area contributed by atoms with Gasteiger partial charge in [-0.3, -0.25) is 4.98 Å². The number of hydrogen-bond donors (Lipinski definition) is 1. The van der Waals surface area contributed by atoms with Crippen molar-refractivity contribution in [3.05, 3.63) is 48.2 Å². The van der Waals surface area contributed by atoms with Crippen LogP contribution < -0.4 is 5.14 Å². The third-order valence-electron chi connectivity index (χ3n) is 2.36. The van der Waals surface area contributed by atoms with Gasteiger partial charge in [-0.15, -0.1) is 0 Å². The molecule has 5 heteroatoms. The molecule has 0 saturated carbocycles. The second kappa shape index (κ2) is 4.27. The third kappa shape index (κ3) is 2.51. The molecule has 2 rings (SSSR count). The highest BCUT2D eigenvalue weighted by atomic mass is 32.2. The Kier molecular flexibility index (Phi) is 2.95. The molecule has 0 fully saturated rings. The first-order valence-corrected chi connectivity index (χ1v) is 6.59. The van der Waals surface area contributed by atoms with Crippen LogP contribution in [0.5, 0.6) is 0 Å². The van der Waals surface area contributed by atoms with Crippen molar-refractivity contribution in [2.75, 3.05) is 0 Å². The number of aryl methyl sites for hydroxylation is 1. The molecule has 88 valence electrons. The number of aromatic nitrogens is 1. The van der Waals surface area contributed by atoms with Gasteiger partial charge in [-0.2, -0.15) is 0 Å². The minimum Gasteiger partial charge on any atom is -0.253 e. The zero-order valence-corrected chi connectivity index (χ0v) is 10.1. The van der Waals surface area contributed by atoms with E-state index in [2.05, 4.69) is 4.98 Å². The maximum absolute atomic E-state index is 11.5. The van der Waals surface area contributed by atoms with Crippen LogP contribution in [0.3, 0.4) is 0 Å². The molecule has 0 aliphatic heterocycles. The van der Waals surface area contributed by atoms with Crippen molar-refractivity contribution in [3.8, 4) is 11.3 Å². The zero-order chi connectivity index (χ0) is 12.5. The van der Waals surface area contributed by atoms with Crippen LogP contribution in [0.4, 0.5) is 0 Å². The van der Waals surface area contributed by atoms with E-state index in [0.717, 1.165) is 5.69 Å². The number of rotatable bonds is 2. The summed E-state index contributed by atoms with van der Waals surface area (Å²) >= 11 is 0. The lowest BCUT2D eigenvalue weighted by atomic mass is 10.1. The van der Waals surface area contributed by atoms with Crippen molar-refractivity contribution in [2.45, 2.75) is 11.8 Å². The van der Waals surface area contributed by atoms with Crippen LogP contribution in [0.2, 0.25) is 0 Å². The van der Waals surface area contributed by atoms with Crippen molar-refractivity contribution < 1.29 is 8.42 Å². The average molecular weight is 248 g/mol. The molecule has 1 aromatic heterocycles. The van der Waals surface area contributed by atoms with E-state index in [4.69, 9.17) is 5.14 Å². The standard InChI is InChI=1S/C12H12N2O2S/c1-9-5-4-7-11(14-9)10-6-2-3-8-12(10)17(13,15)16/h2-8H,1H3,(H2,13,15,16). The molecular formula is C12H12N2O2S. The summed E-state index contributed by atoms with van der Waals surface area (Å²) in [7, 11) is -3.73. The predicted octanol–water partition coefficient (Wildman–Crippen LogP) is 1.70. The summed E-state index contributed by atoms with van der Waals surface area (Å²) in [6, 6.07) is 12.0. The molecule has 0 radical (unpaired) electrons. The van der Waals surface area contributed by atoms with Gasteiger partial charge in [-0.05, 0) is 25.1 Å². The summed E-state index contributed by atoms with van der Waals surface area (Å²) in [4.78, 5) is 4.39. The average Bonchev–Trinajstić information content (AvgIpc) is 2.28. The largest absolute Gasteiger partial charge is 0.253 e. The fourth-order valence-electron chi connectivity index (χ4n) is 1.62. The topological polar surface area (TPSA) is 73.1 Å². The minimum atomic E-state index is -3.73. The second-order valence-electron chi connectivity index (χ2n) is 3.71. The van der Waals surface area contributed by atoms with Gasteiger partial charge >= 0.3 is 0 Å². The number of benzene rings is 1. The van der Waals surface area contributed by atoms with Crippen LogP contribution in [-0.2, 0) is 10.0 Å². The lowest BCUT2D eigenvalue weighted by Crippen LogP contribution is -2.13. The van der Waals surface area contributed by atoms with E-state index < -0.39 is 10.0 Å². The lowest BCUT2D eigenvalue weighted by molar-refractivity contribution is 0.598. The van der Waals surface area contributed by atoms with E-state index in [1.165, 1.54) is 6.07 Å². The Labute approximate surface area is 100 Å². The van der Waals surface area contributed by atoms with Gasteiger partial charge in [0.1, 0.15) is 0 Å². The second-order valence-corrected chi connectivity index (χ2v) is 5.24. The van der Waals surface area contributed by atoms with Crippen molar-refractivity contribution >= 4 is 10.0 Å². The van der Waals surface area contributed by atoms with Gasteiger partial charge in [0.15, 0.2) is 0 Å².